The number of hydrogen-bond acceptors (Lipinski definition) is 8. The van der Waals surface area contributed by atoms with E-state index in [1.54, 1.807) is 18.2 Å². The number of rotatable bonds is 6. The maximum atomic E-state index is 11.2. The molecular formula is C17H16N4O5. The predicted molar refractivity (Wildman–Crippen MR) is 95.6 cm³/mol. The van der Waals surface area contributed by atoms with E-state index in [-0.39, 0.29) is 11.2 Å². The summed E-state index contributed by atoms with van der Waals surface area (Å²) in [6.07, 6.45) is 2.80. The number of anilines is 2. The molecule has 1 heterocycles. The van der Waals surface area contributed by atoms with Gasteiger partial charge in [-0.25, -0.2) is 9.97 Å². The van der Waals surface area contributed by atoms with Crippen molar-refractivity contribution in [3.05, 3.63) is 46.9 Å². The average molecular weight is 356 g/mol. The van der Waals surface area contributed by atoms with Crippen molar-refractivity contribution in [1.82, 2.24) is 9.97 Å². The van der Waals surface area contributed by atoms with Gasteiger partial charge in [0.2, 0.25) is 5.75 Å². The third-order valence-corrected chi connectivity index (χ3v) is 3.79. The molecule has 0 unspecified atom stereocenters. The molecule has 0 saturated heterocycles. The minimum atomic E-state index is -0.474. The Kier molecular flexibility index (Phi) is 4.70. The zero-order chi connectivity index (χ0) is 18.7. The fourth-order valence-electron chi connectivity index (χ4n) is 2.63. The van der Waals surface area contributed by atoms with E-state index in [0.29, 0.717) is 34.0 Å². The van der Waals surface area contributed by atoms with Gasteiger partial charge in [-0.2, -0.15) is 0 Å². The number of nitrogens with one attached hydrogen (secondary N) is 1. The topological polar surface area (TPSA) is 109 Å². The number of hydrogen-bond donors (Lipinski definition) is 1. The van der Waals surface area contributed by atoms with E-state index in [1.807, 2.05) is 0 Å². The van der Waals surface area contributed by atoms with E-state index in [1.165, 1.54) is 39.9 Å². The van der Waals surface area contributed by atoms with Crippen LogP contribution < -0.4 is 19.5 Å². The summed E-state index contributed by atoms with van der Waals surface area (Å²) in [5.41, 5.74) is 1.43. The van der Waals surface area contributed by atoms with Gasteiger partial charge in [-0.3, -0.25) is 10.1 Å². The first kappa shape index (κ1) is 17.2. The normalized spacial score (nSPS) is 10.4. The number of methoxy groups -OCH3 is 3. The highest BCUT2D eigenvalue weighted by Crippen LogP contribution is 2.41. The van der Waals surface area contributed by atoms with Crippen LogP contribution in [0.25, 0.3) is 10.9 Å². The van der Waals surface area contributed by atoms with Gasteiger partial charge < -0.3 is 19.5 Å². The quantitative estimate of drug-likeness (QED) is 0.529. The van der Waals surface area contributed by atoms with Crippen LogP contribution in [-0.2, 0) is 0 Å². The van der Waals surface area contributed by atoms with Crippen LogP contribution in [0.15, 0.2) is 36.8 Å². The first-order valence-corrected chi connectivity index (χ1v) is 7.53. The molecule has 0 aliphatic carbocycles. The zero-order valence-electron chi connectivity index (χ0n) is 14.3. The van der Waals surface area contributed by atoms with Crippen molar-refractivity contribution >= 4 is 28.0 Å². The highest BCUT2D eigenvalue weighted by Gasteiger charge is 2.17. The molecule has 26 heavy (non-hydrogen) atoms. The van der Waals surface area contributed by atoms with Gasteiger partial charge in [0.15, 0.2) is 17.0 Å². The van der Waals surface area contributed by atoms with E-state index in [2.05, 4.69) is 15.3 Å². The van der Waals surface area contributed by atoms with Crippen LogP contribution in [0.2, 0.25) is 0 Å². The summed E-state index contributed by atoms with van der Waals surface area (Å²) in [5.74, 6) is 1.44. The van der Waals surface area contributed by atoms with Crippen molar-refractivity contribution in [2.45, 2.75) is 0 Å². The number of non-ortho nitro benzene ring substituents is 1. The van der Waals surface area contributed by atoms with Gasteiger partial charge in [-0.05, 0) is 6.07 Å². The van der Waals surface area contributed by atoms with Crippen LogP contribution >= 0.6 is 0 Å². The minimum absolute atomic E-state index is 0.0853. The molecule has 134 valence electrons. The molecule has 1 N–H and O–H groups in total. The monoisotopic (exact) mass is 356 g/mol. The van der Waals surface area contributed by atoms with E-state index in [4.69, 9.17) is 14.2 Å². The Hall–Kier alpha value is -3.62. The Morgan fingerprint density at radius 2 is 1.77 bits per heavy atom. The van der Waals surface area contributed by atoms with E-state index >= 15 is 0 Å². The lowest BCUT2D eigenvalue weighted by atomic mass is 10.1. The fourth-order valence-corrected chi connectivity index (χ4v) is 2.63. The van der Waals surface area contributed by atoms with E-state index < -0.39 is 4.92 Å². The van der Waals surface area contributed by atoms with Gasteiger partial charge in [-0.15, -0.1) is 0 Å². The summed E-state index contributed by atoms with van der Waals surface area (Å²) in [6.45, 7) is 0. The molecule has 0 bridgehead atoms. The van der Waals surface area contributed by atoms with E-state index in [0.717, 1.165) is 0 Å². The second-order valence-corrected chi connectivity index (χ2v) is 5.21. The highest BCUT2D eigenvalue weighted by molar-refractivity contribution is 5.97. The third kappa shape index (κ3) is 3.02. The number of fused-ring (bicyclic) bond motifs is 1. The van der Waals surface area contributed by atoms with E-state index in [9.17, 15) is 10.1 Å². The van der Waals surface area contributed by atoms with Crippen LogP contribution in [0.3, 0.4) is 0 Å². The fraction of sp³-hybridized carbons (Fsp3) is 0.176. The molecule has 0 spiro atoms. The predicted octanol–water partition coefficient (Wildman–Crippen LogP) is 3.31. The summed E-state index contributed by atoms with van der Waals surface area (Å²) in [5, 5.41) is 14.9. The summed E-state index contributed by atoms with van der Waals surface area (Å²) >= 11 is 0. The van der Waals surface area contributed by atoms with Crippen LogP contribution in [0, 0.1) is 10.1 Å². The standard InChI is InChI=1S/C17H16N4O5/c1-24-14-6-10(7-15(25-2)17(14)26-3)20-12-4-5-13(21(22)23)16-11(12)8-18-9-19-16/h4-9,20H,1-3H3. The Labute approximate surface area is 148 Å². The van der Waals surface area contributed by atoms with Gasteiger partial charge in [-0.1, -0.05) is 0 Å². The second-order valence-electron chi connectivity index (χ2n) is 5.21. The van der Waals surface area contributed by atoms with Crippen LogP contribution in [0.4, 0.5) is 17.1 Å². The molecular weight excluding hydrogens is 340 g/mol. The molecule has 0 amide bonds. The van der Waals surface area contributed by atoms with Gasteiger partial charge in [0.05, 0.1) is 31.9 Å². The molecule has 9 nitrogen and oxygen atoms in total. The first-order valence-electron chi connectivity index (χ1n) is 7.53. The van der Waals surface area contributed by atoms with Crippen molar-refractivity contribution in [2.75, 3.05) is 26.6 Å². The number of nitro benzene ring substituents is 1. The van der Waals surface area contributed by atoms with Gasteiger partial charge in [0, 0.05) is 35.5 Å². The lowest BCUT2D eigenvalue weighted by Gasteiger charge is -2.15. The number of aromatic nitrogens is 2. The molecule has 0 fully saturated rings. The van der Waals surface area contributed by atoms with Crippen LogP contribution in [-0.4, -0.2) is 36.2 Å². The lowest BCUT2D eigenvalue weighted by molar-refractivity contribution is -0.383. The van der Waals surface area contributed by atoms with Crippen LogP contribution in [0.5, 0.6) is 17.2 Å². The smallest absolute Gasteiger partial charge is 0.295 e. The Bertz CT molecular complexity index is 952. The molecule has 0 atom stereocenters. The lowest BCUT2D eigenvalue weighted by Crippen LogP contribution is -1.99. The largest absolute Gasteiger partial charge is 0.493 e. The number of ether oxygens (including phenoxy) is 3. The molecule has 2 aromatic carbocycles. The molecule has 0 saturated carbocycles. The summed E-state index contributed by atoms with van der Waals surface area (Å²) in [7, 11) is 4.57. The van der Waals surface area contributed by atoms with Crippen molar-refractivity contribution in [1.29, 1.82) is 0 Å². The van der Waals surface area contributed by atoms with Crippen molar-refractivity contribution in [3.8, 4) is 17.2 Å². The molecule has 3 rings (SSSR count). The Balaban J connectivity index is 2.10. The Morgan fingerprint density at radius 1 is 1.08 bits per heavy atom. The number of nitrogens with zero attached hydrogens (tertiary/aromatic N) is 3. The van der Waals surface area contributed by atoms with Gasteiger partial charge >= 0.3 is 0 Å². The maximum Gasteiger partial charge on any atom is 0.295 e. The van der Waals surface area contributed by atoms with Gasteiger partial charge in [0.1, 0.15) is 6.33 Å². The molecule has 0 radical (unpaired) electrons. The summed E-state index contributed by atoms with van der Waals surface area (Å²) in [4.78, 5) is 18.7. The molecule has 1 aromatic heterocycles. The number of nitro groups is 1. The average Bonchev–Trinajstić information content (AvgIpc) is 2.67. The Morgan fingerprint density at radius 3 is 2.35 bits per heavy atom. The third-order valence-electron chi connectivity index (χ3n) is 3.79. The van der Waals surface area contributed by atoms with Crippen LogP contribution in [0.1, 0.15) is 0 Å². The number of benzene rings is 2. The minimum Gasteiger partial charge on any atom is -0.493 e. The van der Waals surface area contributed by atoms with Crippen molar-refractivity contribution in [3.63, 3.8) is 0 Å². The first-order chi connectivity index (χ1) is 12.6. The van der Waals surface area contributed by atoms with Crippen molar-refractivity contribution < 1.29 is 19.1 Å². The SMILES string of the molecule is COc1cc(Nc2ccc([N+](=O)[O-])c3ncncc23)cc(OC)c1OC. The summed E-state index contributed by atoms with van der Waals surface area (Å²) < 4.78 is 16.0. The molecule has 0 aliphatic heterocycles. The maximum absolute atomic E-state index is 11.2. The summed E-state index contributed by atoms with van der Waals surface area (Å²) in [6, 6.07) is 6.47. The molecule has 9 heteroatoms. The van der Waals surface area contributed by atoms with Gasteiger partial charge in [0.25, 0.3) is 5.69 Å². The highest BCUT2D eigenvalue weighted by atomic mass is 16.6. The second kappa shape index (κ2) is 7.09. The van der Waals surface area contributed by atoms with Crippen molar-refractivity contribution in [2.24, 2.45) is 0 Å². The molecule has 3 aromatic rings. The molecule has 0 aliphatic rings. The zero-order valence-corrected chi connectivity index (χ0v) is 14.3.